The molecule has 0 unspecified atom stereocenters. The van der Waals surface area contributed by atoms with Crippen LogP contribution in [0, 0.1) is 0 Å². The summed E-state index contributed by atoms with van der Waals surface area (Å²) in [5, 5.41) is 0. The first kappa shape index (κ1) is 12.2. The van der Waals surface area contributed by atoms with Gasteiger partial charge in [-0.3, -0.25) is 15.0 Å². The van der Waals surface area contributed by atoms with Crippen LogP contribution in [0.4, 0.5) is 0 Å². The van der Waals surface area contributed by atoms with Gasteiger partial charge < -0.3 is 0 Å². The van der Waals surface area contributed by atoms with E-state index in [0.717, 1.165) is 22.5 Å². The molecule has 0 bridgehead atoms. The molecule has 96 valence electrons. The maximum absolute atomic E-state index is 4.36. The van der Waals surface area contributed by atoms with Crippen LogP contribution in [0.5, 0.6) is 0 Å². The smallest absolute Gasteiger partial charge is 0.0892 e. The van der Waals surface area contributed by atoms with Gasteiger partial charge in [0.15, 0.2) is 0 Å². The number of hydrogen-bond donors (Lipinski definition) is 0. The molecule has 0 spiro atoms. The zero-order chi connectivity index (χ0) is 13.6. The van der Waals surface area contributed by atoms with Crippen LogP contribution in [0.2, 0.25) is 0 Å². The highest BCUT2D eigenvalue weighted by Crippen LogP contribution is 2.16. The topological polar surface area (TPSA) is 38.7 Å². The zero-order valence-corrected chi connectivity index (χ0v) is 10.8. The Morgan fingerprint density at radius 1 is 0.650 bits per heavy atom. The molecule has 0 radical (unpaired) electrons. The molecular formula is C17H13N3. The van der Waals surface area contributed by atoms with Gasteiger partial charge in [0.1, 0.15) is 0 Å². The lowest BCUT2D eigenvalue weighted by Gasteiger charge is -2.00. The standard InChI is InChI=1S/C17H13N3/c1-2-9-19-16(3-1)17-13-15(8-12-20-17)5-4-14-6-10-18-11-7-14/h1-13H/b5-4+. The van der Waals surface area contributed by atoms with Crippen molar-refractivity contribution >= 4 is 12.2 Å². The third-order valence-electron chi connectivity index (χ3n) is 2.89. The average Bonchev–Trinajstić information content (AvgIpc) is 2.55. The van der Waals surface area contributed by atoms with Gasteiger partial charge in [0.05, 0.1) is 11.4 Å². The monoisotopic (exact) mass is 259 g/mol. The molecule has 0 saturated heterocycles. The molecule has 0 fully saturated rings. The van der Waals surface area contributed by atoms with Crippen LogP contribution in [-0.2, 0) is 0 Å². The minimum atomic E-state index is 0.877. The van der Waals surface area contributed by atoms with E-state index in [9.17, 15) is 0 Å². The van der Waals surface area contributed by atoms with E-state index < -0.39 is 0 Å². The van der Waals surface area contributed by atoms with Gasteiger partial charge in [0.25, 0.3) is 0 Å². The molecule has 0 saturated carbocycles. The first-order chi connectivity index (χ1) is 9.92. The summed E-state index contributed by atoms with van der Waals surface area (Å²) < 4.78 is 0. The van der Waals surface area contributed by atoms with E-state index in [4.69, 9.17) is 0 Å². The quantitative estimate of drug-likeness (QED) is 0.719. The van der Waals surface area contributed by atoms with E-state index >= 15 is 0 Å². The Kier molecular flexibility index (Phi) is 3.60. The van der Waals surface area contributed by atoms with E-state index in [2.05, 4.69) is 27.1 Å². The predicted octanol–water partition coefficient (Wildman–Crippen LogP) is 3.71. The second-order valence-corrected chi connectivity index (χ2v) is 4.30. The number of nitrogens with zero attached hydrogens (tertiary/aromatic N) is 3. The maximum atomic E-state index is 4.36. The Hall–Kier alpha value is -2.81. The molecule has 20 heavy (non-hydrogen) atoms. The summed E-state index contributed by atoms with van der Waals surface area (Å²) in [5.74, 6) is 0. The van der Waals surface area contributed by atoms with Crippen molar-refractivity contribution in [2.24, 2.45) is 0 Å². The number of pyridine rings is 3. The molecule has 3 nitrogen and oxygen atoms in total. The lowest BCUT2D eigenvalue weighted by Crippen LogP contribution is -1.86. The lowest BCUT2D eigenvalue weighted by atomic mass is 10.1. The highest BCUT2D eigenvalue weighted by Gasteiger charge is 1.99. The lowest BCUT2D eigenvalue weighted by molar-refractivity contribution is 1.24. The minimum Gasteiger partial charge on any atom is -0.265 e. The first-order valence-electron chi connectivity index (χ1n) is 6.37. The van der Waals surface area contributed by atoms with Gasteiger partial charge in [-0.2, -0.15) is 0 Å². The Morgan fingerprint density at radius 3 is 2.20 bits per heavy atom. The summed E-state index contributed by atoms with van der Waals surface area (Å²) in [6, 6.07) is 13.8. The van der Waals surface area contributed by atoms with Crippen molar-refractivity contribution in [2.75, 3.05) is 0 Å². The van der Waals surface area contributed by atoms with E-state index in [1.807, 2.05) is 42.5 Å². The summed E-state index contributed by atoms with van der Waals surface area (Å²) in [5.41, 5.74) is 3.97. The SMILES string of the molecule is C(=C\c1ccnc(-c2ccccn2)c1)/c1ccncc1. The zero-order valence-electron chi connectivity index (χ0n) is 10.8. The molecule has 3 aromatic rings. The summed E-state index contributed by atoms with van der Waals surface area (Å²) in [4.78, 5) is 12.7. The molecular weight excluding hydrogens is 246 g/mol. The second-order valence-electron chi connectivity index (χ2n) is 4.30. The Balaban J connectivity index is 1.87. The Labute approximate surface area is 117 Å². The van der Waals surface area contributed by atoms with E-state index in [-0.39, 0.29) is 0 Å². The van der Waals surface area contributed by atoms with Crippen LogP contribution in [0.1, 0.15) is 11.1 Å². The van der Waals surface area contributed by atoms with Crippen LogP contribution < -0.4 is 0 Å². The van der Waals surface area contributed by atoms with Gasteiger partial charge in [0, 0.05) is 24.8 Å². The average molecular weight is 259 g/mol. The van der Waals surface area contributed by atoms with Crippen LogP contribution in [0.3, 0.4) is 0 Å². The third-order valence-corrected chi connectivity index (χ3v) is 2.89. The van der Waals surface area contributed by atoms with Crippen LogP contribution >= 0.6 is 0 Å². The predicted molar refractivity (Wildman–Crippen MR) is 80.6 cm³/mol. The molecule has 0 aliphatic rings. The highest BCUT2D eigenvalue weighted by atomic mass is 14.8. The fraction of sp³-hybridized carbons (Fsp3) is 0. The molecule has 0 N–H and O–H groups in total. The highest BCUT2D eigenvalue weighted by molar-refractivity contribution is 5.71. The van der Waals surface area contributed by atoms with E-state index in [0.29, 0.717) is 0 Å². The van der Waals surface area contributed by atoms with Crippen molar-refractivity contribution < 1.29 is 0 Å². The van der Waals surface area contributed by atoms with Crippen molar-refractivity contribution in [3.63, 3.8) is 0 Å². The summed E-state index contributed by atoms with van der Waals surface area (Å²) in [7, 11) is 0. The van der Waals surface area contributed by atoms with Gasteiger partial charge in [-0.15, -0.1) is 0 Å². The minimum absolute atomic E-state index is 0.877. The molecule has 0 aromatic carbocycles. The van der Waals surface area contributed by atoms with Gasteiger partial charge in [0.2, 0.25) is 0 Å². The maximum Gasteiger partial charge on any atom is 0.0892 e. The molecule has 3 heteroatoms. The largest absolute Gasteiger partial charge is 0.265 e. The molecule has 0 aliphatic heterocycles. The van der Waals surface area contributed by atoms with Crippen molar-refractivity contribution in [1.82, 2.24) is 15.0 Å². The fourth-order valence-corrected chi connectivity index (χ4v) is 1.87. The Bertz CT molecular complexity index is 707. The first-order valence-corrected chi connectivity index (χ1v) is 6.37. The second kappa shape index (κ2) is 5.89. The molecule has 3 aromatic heterocycles. The van der Waals surface area contributed by atoms with Gasteiger partial charge in [-0.1, -0.05) is 18.2 Å². The van der Waals surface area contributed by atoms with E-state index in [1.165, 1.54) is 0 Å². The molecule has 3 rings (SSSR count). The van der Waals surface area contributed by atoms with Crippen LogP contribution in [0.25, 0.3) is 23.5 Å². The van der Waals surface area contributed by atoms with E-state index in [1.54, 1.807) is 24.8 Å². The fourth-order valence-electron chi connectivity index (χ4n) is 1.87. The number of aromatic nitrogens is 3. The summed E-state index contributed by atoms with van der Waals surface area (Å²) >= 11 is 0. The molecule has 0 amide bonds. The number of hydrogen-bond acceptors (Lipinski definition) is 3. The van der Waals surface area contributed by atoms with Crippen molar-refractivity contribution in [2.45, 2.75) is 0 Å². The van der Waals surface area contributed by atoms with Crippen molar-refractivity contribution in [1.29, 1.82) is 0 Å². The van der Waals surface area contributed by atoms with Crippen LogP contribution in [0.15, 0.2) is 67.3 Å². The third kappa shape index (κ3) is 2.95. The summed E-state index contributed by atoms with van der Waals surface area (Å²) in [6.45, 7) is 0. The molecule has 0 aliphatic carbocycles. The summed E-state index contributed by atoms with van der Waals surface area (Å²) in [6.07, 6.45) is 11.3. The van der Waals surface area contributed by atoms with Gasteiger partial charge in [-0.25, -0.2) is 0 Å². The van der Waals surface area contributed by atoms with Crippen molar-refractivity contribution in [3.05, 3.63) is 78.4 Å². The normalized spacial score (nSPS) is 10.8. The van der Waals surface area contributed by atoms with Crippen LogP contribution in [-0.4, -0.2) is 15.0 Å². The molecule has 3 heterocycles. The van der Waals surface area contributed by atoms with Crippen molar-refractivity contribution in [3.8, 4) is 11.4 Å². The Morgan fingerprint density at radius 2 is 1.40 bits per heavy atom. The van der Waals surface area contributed by atoms with Gasteiger partial charge >= 0.3 is 0 Å². The number of rotatable bonds is 3. The molecule has 0 atom stereocenters. The van der Waals surface area contributed by atoms with Gasteiger partial charge in [-0.05, 0) is 47.5 Å².